The van der Waals surface area contributed by atoms with Crippen molar-refractivity contribution in [3.63, 3.8) is 0 Å². The molecule has 0 spiro atoms. The number of aryl methyl sites for hydroxylation is 2. The van der Waals surface area contributed by atoms with Gasteiger partial charge >= 0.3 is 0 Å². The first-order valence-corrected chi connectivity index (χ1v) is 7.91. The molecule has 1 heterocycles. The monoisotopic (exact) mass is 315 g/mol. The van der Waals surface area contributed by atoms with E-state index in [-0.39, 0.29) is 11.4 Å². The van der Waals surface area contributed by atoms with Gasteiger partial charge < -0.3 is 16.0 Å². The second kappa shape index (κ2) is 5.81. The zero-order chi connectivity index (χ0) is 16.7. The molecule has 1 aromatic carbocycles. The van der Waals surface area contributed by atoms with Gasteiger partial charge in [0.05, 0.1) is 11.1 Å². The van der Waals surface area contributed by atoms with Crippen molar-refractivity contribution in [1.29, 1.82) is 0 Å². The molecule has 4 nitrogen and oxygen atoms in total. The first-order valence-electron chi connectivity index (χ1n) is 7.91. The van der Waals surface area contributed by atoms with Gasteiger partial charge in [0, 0.05) is 22.7 Å². The summed E-state index contributed by atoms with van der Waals surface area (Å²) in [5.41, 5.74) is 9.76. The Hall–Kier alpha value is -2.14. The number of hydrogen-bond acceptors (Lipinski definition) is 2. The molecule has 0 aliphatic heterocycles. The molecule has 1 aliphatic carbocycles. The summed E-state index contributed by atoms with van der Waals surface area (Å²) in [6, 6.07) is 1.61. The van der Waals surface area contributed by atoms with Gasteiger partial charge in [0.1, 0.15) is 5.82 Å². The summed E-state index contributed by atoms with van der Waals surface area (Å²) in [6.45, 7) is 3.87. The van der Waals surface area contributed by atoms with Crippen LogP contribution in [-0.2, 0) is 0 Å². The minimum absolute atomic E-state index is 0.207. The lowest BCUT2D eigenvalue weighted by molar-refractivity contribution is 0.100. The van der Waals surface area contributed by atoms with Crippen molar-refractivity contribution < 1.29 is 9.18 Å². The Bertz CT molecular complexity index is 820. The van der Waals surface area contributed by atoms with E-state index in [1.807, 2.05) is 20.9 Å². The van der Waals surface area contributed by atoms with E-state index in [4.69, 9.17) is 5.73 Å². The van der Waals surface area contributed by atoms with Crippen LogP contribution in [0.25, 0.3) is 16.5 Å². The number of carbonyl (C=O) groups excluding carboxylic acids is 1. The van der Waals surface area contributed by atoms with E-state index < -0.39 is 5.91 Å². The number of fused-ring (bicyclic) bond motifs is 1. The highest BCUT2D eigenvalue weighted by molar-refractivity contribution is 6.09. The lowest BCUT2D eigenvalue weighted by atomic mass is 9.87. The van der Waals surface area contributed by atoms with Crippen molar-refractivity contribution in [3.05, 3.63) is 40.3 Å². The fourth-order valence-electron chi connectivity index (χ4n) is 3.49. The topological polar surface area (TPSA) is 70.9 Å². The summed E-state index contributed by atoms with van der Waals surface area (Å²) in [6.07, 6.45) is 4.86. The summed E-state index contributed by atoms with van der Waals surface area (Å²) >= 11 is 0. The third kappa shape index (κ3) is 2.55. The number of nitrogens with two attached hydrogens (primary N) is 1. The molecule has 0 radical (unpaired) electrons. The highest BCUT2D eigenvalue weighted by Gasteiger charge is 2.24. The van der Waals surface area contributed by atoms with Gasteiger partial charge in [0.15, 0.2) is 0 Å². The number of aromatic nitrogens is 1. The minimum atomic E-state index is -0.618. The Kier molecular flexibility index (Phi) is 3.98. The second-order valence-corrected chi connectivity index (χ2v) is 6.27. The van der Waals surface area contributed by atoms with Crippen LogP contribution in [0.15, 0.2) is 12.1 Å². The van der Waals surface area contributed by atoms with Crippen molar-refractivity contribution in [1.82, 2.24) is 10.3 Å². The summed E-state index contributed by atoms with van der Waals surface area (Å²) in [4.78, 5) is 14.9. The maximum atomic E-state index is 14.9. The Morgan fingerprint density at radius 1 is 1.43 bits per heavy atom. The van der Waals surface area contributed by atoms with Gasteiger partial charge in [-0.1, -0.05) is 6.08 Å². The molecule has 0 bridgehead atoms. The maximum absolute atomic E-state index is 14.9. The normalized spacial score (nSPS) is 18.3. The second-order valence-electron chi connectivity index (χ2n) is 6.27. The maximum Gasteiger partial charge on any atom is 0.250 e. The number of allylic oxidation sites excluding steroid dienone is 1. The van der Waals surface area contributed by atoms with E-state index in [0.717, 1.165) is 41.5 Å². The van der Waals surface area contributed by atoms with Crippen LogP contribution in [0.2, 0.25) is 0 Å². The van der Waals surface area contributed by atoms with Gasteiger partial charge in [0.25, 0.3) is 5.91 Å². The van der Waals surface area contributed by atoms with Crippen LogP contribution in [0.4, 0.5) is 4.39 Å². The number of hydrogen-bond donors (Lipinski definition) is 3. The van der Waals surface area contributed by atoms with E-state index >= 15 is 0 Å². The third-order valence-electron chi connectivity index (χ3n) is 4.90. The van der Waals surface area contributed by atoms with Gasteiger partial charge in [-0.3, -0.25) is 4.79 Å². The fourth-order valence-corrected chi connectivity index (χ4v) is 3.49. The third-order valence-corrected chi connectivity index (χ3v) is 4.90. The zero-order valence-corrected chi connectivity index (χ0v) is 13.7. The fraction of sp³-hybridized carbons (Fsp3) is 0.389. The number of H-pyrrole nitrogens is 1. The molecule has 23 heavy (non-hydrogen) atoms. The van der Waals surface area contributed by atoms with E-state index in [0.29, 0.717) is 17.1 Å². The van der Waals surface area contributed by atoms with Gasteiger partial charge in [-0.15, -0.1) is 0 Å². The van der Waals surface area contributed by atoms with Gasteiger partial charge in [-0.25, -0.2) is 4.39 Å². The van der Waals surface area contributed by atoms with Crippen molar-refractivity contribution in [2.45, 2.75) is 39.2 Å². The van der Waals surface area contributed by atoms with Crippen molar-refractivity contribution in [3.8, 4) is 0 Å². The SMILES string of the molecule is CN[C@H]1CCC=C(c2c(F)cc(C(N)=O)c3[nH]c(C)c(C)c23)C1. The number of carbonyl (C=O) groups is 1. The molecule has 1 aromatic heterocycles. The van der Waals surface area contributed by atoms with Gasteiger partial charge in [-0.2, -0.15) is 0 Å². The Morgan fingerprint density at radius 2 is 2.17 bits per heavy atom. The van der Waals surface area contributed by atoms with Gasteiger partial charge in [0.2, 0.25) is 0 Å². The highest BCUT2D eigenvalue weighted by Crippen LogP contribution is 2.37. The number of halogens is 1. The summed E-state index contributed by atoms with van der Waals surface area (Å²) in [5.74, 6) is -0.996. The average molecular weight is 315 g/mol. The Labute approximate surface area is 134 Å². The summed E-state index contributed by atoms with van der Waals surface area (Å²) < 4.78 is 14.9. The molecule has 1 atom stereocenters. The van der Waals surface area contributed by atoms with Crippen molar-refractivity contribution in [2.75, 3.05) is 7.05 Å². The van der Waals surface area contributed by atoms with E-state index in [2.05, 4.69) is 16.4 Å². The highest BCUT2D eigenvalue weighted by atomic mass is 19.1. The van der Waals surface area contributed by atoms with E-state index in [1.54, 1.807) is 0 Å². The van der Waals surface area contributed by atoms with Crippen LogP contribution in [-0.4, -0.2) is 24.0 Å². The zero-order valence-electron chi connectivity index (χ0n) is 13.7. The number of nitrogens with one attached hydrogen (secondary N) is 2. The van der Waals surface area contributed by atoms with Crippen LogP contribution in [0, 0.1) is 19.7 Å². The quantitative estimate of drug-likeness (QED) is 0.814. The lowest BCUT2D eigenvalue weighted by Crippen LogP contribution is -2.27. The van der Waals surface area contributed by atoms with Crippen LogP contribution >= 0.6 is 0 Å². The molecule has 3 rings (SSSR count). The van der Waals surface area contributed by atoms with Crippen LogP contribution in [0.1, 0.15) is 46.4 Å². The minimum Gasteiger partial charge on any atom is -0.366 e. The molecule has 1 aliphatic rings. The number of aromatic amines is 1. The molecule has 2 aromatic rings. The predicted octanol–water partition coefficient (Wildman–Crippen LogP) is 3.18. The number of benzene rings is 1. The molecule has 4 N–H and O–H groups in total. The first-order chi connectivity index (χ1) is 10.9. The average Bonchev–Trinajstić information content (AvgIpc) is 2.82. The molecule has 1 amide bonds. The Morgan fingerprint density at radius 3 is 2.83 bits per heavy atom. The molecule has 0 saturated heterocycles. The van der Waals surface area contributed by atoms with Crippen molar-refractivity contribution >= 4 is 22.4 Å². The summed E-state index contributed by atoms with van der Waals surface area (Å²) in [7, 11) is 1.93. The lowest BCUT2D eigenvalue weighted by Gasteiger charge is -2.23. The van der Waals surface area contributed by atoms with Crippen molar-refractivity contribution in [2.24, 2.45) is 5.73 Å². The van der Waals surface area contributed by atoms with Gasteiger partial charge in [-0.05, 0) is 57.4 Å². The predicted molar refractivity (Wildman–Crippen MR) is 90.9 cm³/mol. The van der Waals surface area contributed by atoms with Crippen LogP contribution < -0.4 is 11.1 Å². The first kappa shape index (κ1) is 15.7. The van der Waals surface area contributed by atoms with Crippen LogP contribution in [0.5, 0.6) is 0 Å². The Balaban J connectivity index is 2.29. The molecular weight excluding hydrogens is 293 g/mol. The standard InChI is InChI=1S/C18H22FN3O/c1-9-10(2)22-17-13(18(20)23)8-14(19)16(15(9)17)11-5-4-6-12(7-11)21-3/h5,8,12,21-22H,4,6-7H2,1-3H3,(H2,20,23)/t12-/m0/s1. The largest absolute Gasteiger partial charge is 0.366 e. The summed E-state index contributed by atoms with van der Waals surface area (Å²) in [5, 5.41) is 4.05. The molecule has 5 heteroatoms. The molecule has 0 saturated carbocycles. The van der Waals surface area contributed by atoms with E-state index in [1.165, 1.54) is 6.07 Å². The smallest absolute Gasteiger partial charge is 0.250 e. The number of amides is 1. The van der Waals surface area contributed by atoms with E-state index in [9.17, 15) is 9.18 Å². The number of primary amides is 1. The molecule has 0 unspecified atom stereocenters. The van der Waals surface area contributed by atoms with Crippen LogP contribution in [0.3, 0.4) is 0 Å². The molecule has 0 fully saturated rings. The number of rotatable bonds is 3. The molecular formula is C18H22FN3O. The molecule has 122 valence electrons.